The van der Waals surface area contributed by atoms with E-state index in [0.29, 0.717) is 26.2 Å². The fraction of sp³-hybridized carbons (Fsp3) is 0.600. The van der Waals surface area contributed by atoms with Gasteiger partial charge >= 0.3 is 0 Å². The standard InChI is InChI=1S/C25H37N3O4/c1-27-15-14-26-25(27)21-9-7-8-20(18-21)12-16-32-17-13-23(29)28(19-24(30-2)31-3)22-10-5-4-6-11-22/h7-9,14-15,18,22,24H,4-6,10-13,16-17,19H2,1-3H3. The van der Waals surface area contributed by atoms with Gasteiger partial charge in [-0.15, -0.1) is 0 Å². The van der Waals surface area contributed by atoms with Crippen LogP contribution >= 0.6 is 0 Å². The number of imidazole rings is 1. The molecular formula is C25H37N3O4. The summed E-state index contributed by atoms with van der Waals surface area (Å²) in [6.07, 6.45) is 10.2. The van der Waals surface area contributed by atoms with E-state index in [9.17, 15) is 4.79 Å². The van der Waals surface area contributed by atoms with Crippen molar-refractivity contribution in [3.8, 4) is 11.4 Å². The smallest absolute Gasteiger partial charge is 0.225 e. The summed E-state index contributed by atoms with van der Waals surface area (Å²) in [5, 5.41) is 0. The van der Waals surface area contributed by atoms with Gasteiger partial charge in [-0.3, -0.25) is 4.79 Å². The van der Waals surface area contributed by atoms with Crippen LogP contribution in [-0.4, -0.2) is 66.7 Å². The van der Waals surface area contributed by atoms with Crippen molar-refractivity contribution < 1.29 is 19.0 Å². The van der Waals surface area contributed by atoms with Gasteiger partial charge in [0.15, 0.2) is 6.29 Å². The Morgan fingerprint density at radius 1 is 1.19 bits per heavy atom. The molecule has 7 heteroatoms. The predicted molar refractivity (Wildman–Crippen MR) is 124 cm³/mol. The van der Waals surface area contributed by atoms with E-state index in [1.807, 2.05) is 28.8 Å². The molecule has 1 amide bonds. The van der Waals surface area contributed by atoms with Crippen LogP contribution in [0.25, 0.3) is 11.4 Å². The van der Waals surface area contributed by atoms with Crippen molar-refractivity contribution in [2.75, 3.05) is 34.0 Å². The summed E-state index contributed by atoms with van der Waals surface area (Å²) in [7, 11) is 5.22. The summed E-state index contributed by atoms with van der Waals surface area (Å²) in [6, 6.07) is 8.64. The first-order valence-electron chi connectivity index (χ1n) is 11.6. The van der Waals surface area contributed by atoms with Crippen LogP contribution in [-0.2, 0) is 32.5 Å². The lowest BCUT2D eigenvalue weighted by atomic mass is 9.94. The Bertz CT molecular complexity index is 828. The molecule has 0 radical (unpaired) electrons. The number of hydrogen-bond donors (Lipinski definition) is 0. The van der Waals surface area contributed by atoms with Gasteiger partial charge in [0.2, 0.25) is 5.91 Å². The van der Waals surface area contributed by atoms with Crippen LogP contribution in [0.1, 0.15) is 44.1 Å². The van der Waals surface area contributed by atoms with Crippen LogP contribution in [0.2, 0.25) is 0 Å². The second-order valence-corrected chi connectivity index (χ2v) is 8.41. The highest BCUT2D eigenvalue weighted by Gasteiger charge is 2.27. The Kier molecular flexibility index (Phi) is 9.71. The highest BCUT2D eigenvalue weighted by Crippen LogP contribution is 2.24. The van der Waals surface area contributed by atoms with Gasteiger partial charge in [-0.2, -0.15) is 0 Å². The van der Waals surface area contributed by atoms with Crippen LogP contribution < -0.4 is 0 Å². The van der Waals surface area contributed by atoms with Crippen molar-refractivity contribution in [1.82, 2.24) is 14.5 Å². The molecule has 0 spiro atoms. The summed E-state index contributed by atoms with van der Waals surface area (Å²) >= 11 is 0. The molecule has 1 heterocycles. The average molecular weight is 444 g/mol. The maximum Gasteiger partial charge on any atom is 0.225 e. The molecule has 1 aliphatic carbocycles. The van der Waals surface area contributed by atoms with E-state index < -0.39 is 6.29 Å². The summed E-state index contributed by atoms with van der Waals surface area (Å²) in [6.45, 7) is 1.47. The minimum atomic E-state index is -0.396. The Hall–Kier alpha value is -2.22. The van der Waals surface area contributed by atoms with E-state index in [4.69, 9.17) is 14.2 Å². The van der Waals surface area contributed by atoms with E-state index in [1.54, 1.807) is 20.4 Å². The maximum absolute atomic E-state index is 13.0. The third-order valence-corrected chi connectivity index (χ3v) is 6.21. The number of benzene rings is 1. The van der Waals surface area contributed by atoms with Gasteiger partial charge in [0.05, 0.1) is 26.2 Å². The fourth-order valence-electron chi connectivity index (χ4n) is 4.36. The number of carbonyl (C=O) groups excluding carboxylic acids is 1. The summed E-state index contributed by atoms with van der Waals surface area (Å²) < 4.78 is 18.5. The molecule has 1 aromatic carbocycles. The molecule has 0 N–H and O–H groups in total. The molecule has 1 aromatic heterocycles. The minimum absolute atomic E-state index is 0.118. The Morgan fingerprint density at radius 2 is 1.97 bits per heavy atom. The Balaban J connectivity index is 1.46. The number of amides is 1. The van der Waals surface area contributed by atoms with E-state index >= 15 is 0 Å². The number of ether oxygens (including phenoxy) is 3. The molecule has 0 atom stereocenters. The number of nitrogens with zero attached hydrogens (tertiary/aromatic N) is 3. The second kappa shape index (κ2) is 12.7. The molecule has 0 saturated heterocycles. The summed E-state index contributed by atoms with van der Waals surface area (Å²) in [5.41, 5.74) is 2.29. The topological polar surface area (TPSA) is 65.8 Å². The van der Waals surface area contributed by atoms with Crippen molar-refractivity contribution in [2.45, 2.75) is 57.3 Å². The van der Waals surface area contributed by atoms with E-state index in [0.717, 1.165) is 30.7 Å². The number of hydrogen-bond acceptors (Lipinski definition) is 5. The SMILES string of the molecule is COC(CN(C(=O)CCOCCc1cccc(-c2nccn2C)c1)C1CCCCC1)OC. The largest absolute Gasteiger partial charge is 0.381 e. The molecule has 1 fully saturated rings. The van der Waals surface area contributed by atoms with Crippen molar-refractivity contribution >= 4 is 5.91 Å². The van der Waals surface area contributed by atoms with Crippen molar-refractivity contribution in [3.05, 3.63) is 42.2 Å². The van der Waals surface area contributed by atoms with Gasteiger partial charge in [-0.05, 0) is 30.9 Å². The molecule has 0 bridgehead atoms. The number of aromatic nitrogens is 2. The summed E-state index contributed by atoms with van der Waals surface area (Å²) in [4.78, 5) is 19.3. The van der Waals surface area contributed by atoms with E-state index in [1.165, 1.54) is 24.8 Å². The van der Waals surface area contributed by atoms with Crippen LogP contribution in [0, 0.1) is 0 Å². The van der Waals surface area contributed by atoms with Crippen LogP contribution in [0.5, 0.6) is 0 Å². The van der Waals surface area contributed by atoms with Crippen molar-refractivity contribution in [3.63, 3.8) is 0 Å². The zero-order valence-corrected chi connectivity index (χ0v) is 19.7. The highest BCUT2D eigenvalue weighted by atomic mass is 16.7. The highest BCUT2D eigenvalue weighted by molar-refractivity contribution is 5.76. The molecule has 0 aliphatic heterocycles. The molecule has 2 aromatic rings. The predicted octanol–water partition coefficient (Wildman–Crippen LogP) is 3.82. The number of rotatable bonds is 12. The lowest BCUT2D eigenvalue weighted by molar-refractivity contribution is -0.151. The zero-order valence-electron chi connectivity index (χ0n) is 19.7. The van der Waals surface area contributed by atoms with Crippen molar-refractivity contribution in [2.24, 2.45) is 7.05 Å². The maximum atomic E-state index is 13.0. The van der Waals surface area contributed by atoms with E-state index in [2.05, 4.69) is 23.2 Å². The monoisotopic (exact) mass is 443 g/mol. The molecule has 176 valence electrons. The van der Waals surface area contributed by atoms with Gasteiger partial charge in [0.25, 0.3) is 0 Å². The third kappa shape index (κ3) is 6.89. The minimum Gasteiger partial charge on any atom is -0.381 e. The molecule has 1 saturated carbocycles. The molecule has 3 rings (SSSR count). The lowest BCUT2D eigenvalue weighted by Crippen LogP contribution is -2.46. The van der Waals surface area contributed by atoms with Crippen molar-refractivity contribution in [1.29, 1.82) is 0 Å². The first-order chi connectivity index (χ1) is 15.6. The first-order valence-corrected chi connectivity index (χ1v) is 11.6. The normalized spacial score (nSPS) is 14.8. The molecule has 32 heavy (non-hydrogen) atoms. The average Bonchev–Trinajstić information content (AvgIpc) is 3.26. The quantitative estimate of drug-likeness (QED) is 0.369. The summed E-state index contributed by atoms with van der Waals surface area (Å²) in [5.74, 6) is 1.07. The van der Waals surface area contributed by atoms with Gasteiger partial charge < -0.3 is 23.7 Å². The molecular weight excluding hydrogens is 406 g/mol. The third-order valence-electron chi connectivity index (χ3n) is 6.21. The Labute approximate surface area is 191 Å². The second-order valence-electron chi connectivity index (χ2n) is 8.41. The number of aryl methyl sites for hydroxylation is 1. The number of methoxy groups -OCH3 is 2. The number of carbonyl (C=O) groups is 1. The first kappa shape index (κ1) is 24.4. The molecule has 1 aliphatic rings. The van der Waals surface area contributed by atoms with Gasteiger partial charge in [-0.1, -0.05) is 37.5 Å². The van der Waals surface area contributed by atoms with Crippen LogP contribution in [0.3, 0.4) is 0 Å². The van der Waals surface area contributed by atoms with E-state index in [-0.39, 0.29) is 11.9 Å². The van der Waals surface area contributed by atoms with Crippen LogP contribution in [0.4, 0.5) is 0 Å². The van der Waals surface area contributed by atoms with Gasteiger partial charge in [-0.25, -0.2) is 4.98 Å². The van der Waals surface area contributed by atoms with Gasteiger partial charge in [0.1, 0.15) is 5.82 Å². The lowest BCUT2D eigenvalue weighted by Gasteiger charge is -2.36. The Morgan fingerprint density at radius 3 is 2.66 bits per heavy atom. The zero-order chi connectivity index (χ0) is 22.8. The van der Waals surface area contributed by atoms with Gasteiger partial charge in [0, 0.05) is 45.3 Å². The molecule has 7 nitrogen and oxygen atoms in total. The fourth-order valence-corrected chi connectivity index (χ4v) is 4.36. The molecule has 0 unspecified atom stereocenters. The van der Waals surface area contributed by atoms with Crippen LogP contribution in [0.15, 0.2) is 36.7 Å².